The van der Waals surface area contributed by atoms with Crippen molar-refractivity contribution in [2.24, 2.45) is 0 Å². The first-order valence-corrected chi connectivity index (χ1v) is 6.25. The zero-order valence-corrected chi connectivity index (χ0v) is 10.1. The second-order valence-electron chi connectivity index (χ2n) is 3.81. The van der Waals surface area contributed by atoms with Crippen molar-refractivity contribution >= 4 is 34.9 Å². The van der Waals surface area contributed by atoms with Crippen LogP contribution in [0.25, 0.3) is 6.08 Å². The molecule has 1 aliphatic rings. The van der Waals surface area contributed by atoms with Gasteiger partial charge in [-0.1, -0.05) is 11.6 Å². The lowest BCUT2D eigenvalue weighted by Gasteiger charge is -2.31. The number of nitrogens with one attached hydrogen (secondary N) is 1. The minimum absolute atomic E-state index is 0.124. The van der Waals surface area contributed by atoms with Crippen molar-refractivity contribution in [3.8, 4) is 0 Å². The Morgan fingerprint density at radius 1 is 1.56 bits per heavy atom. The Kier molecular flexibility index (Phi) is 3.63. The molecule has 0 unspecified atom stereocenters. The van der Waals surface area contributed by atoms with Crippen LogP contribution >= 0.6 is 22.9 Å². The molecule has 0 spiro atoms. The number of halogens is 1. The zero-order valence-electron chi connectivity index (χ0n) is 8.52. The summed E-state index contributed by atoms with van der Waals surface area (Å²) in [6, 6.07) is 3.79. The van der Waals surface area contributed by atoms with Gasteiger partial charge in [0.05, 0.1) is 10.4 Å². The number of aliphatic hydroxyl groups excluding tert-OH is 1. The molecule has 0 bridgehead atoms. The standard InChI is InChI=1S/C11H12ClNO2S/c12-10-3-1-9(16-10)2-4-11(15)13-7-5-8(14)6-7/h1-4,7-8,14H,5-6H2,(H,13,15). The normalized spacial score (nSPS) is 24.4. The summed E-state index contributed by atoms with van der Waals surface area (Å²) in [6.45, 7) is 0. The van der Waals surface area contributed by atoms with E-state index >= 15 is 0 Å². The van der Waals surface area contributed by atoms with Gasteiger partial charge in [-0.05, 0) is 31.1 Å². The fourth-order valence-corrected chi connectivity index (χ4v) is 2.49. The third kappa shape index (κ3) is 3.07. The summed E-state index contributed by atoms with van der Waals surface area (Å²) in [6.07, 6.45) is 4.30. The molecule has 0 atom stereocenters. The molecule has 16 heavy (non-hydrogen) atoms. The van der Waals surface area contributed by atoms with Gasteiger partial charge in [0, 0.05) is 17.0 Å². The fourth-order valence-electron chi connectivity index (χ4n) is 1.53. The van der Waals surface area contributed by atoms with Crippen LogP contribution in [-0.4, -0.2) is 23.2 Å². The first-order valence-electron chi connectivity index (χ1n) is 5.05. The van der Waals surface area contributed by atoms with Gasteiger partial charge in [-0.2, -0.15) is 0 Å². The molecule has 1 heterocycles. The van der Waals surface area contributed by atoms with Gasteiger partial charge in [0.25, 0.3) is 0 Å². The first-order chi connectivity index (χ1) is 7.63. The molecule has 1 aromatic rings. The lowest BCUT2D eigenvalue weighted by Crippen LogP contribution is -2.46. The molecule has 86 valence electrons. The number of rotatable bonds is 3. The molecule has 2 N–H and O–H groups in total. The molecule has 1 aliphatic carbocycles. The van der Waals surface area contributed by atoms with Crippen molar-refractivity contribution < 1.29 is 9.90 Å². The van der Waals surface area contributed by atoms with E-state index in [4.69, 9.17) is 16.7 Å². The summed E-state index contributed by atoms with van der Waals surface area (Å²) < 4.78 is 0.710. The Labute approximate surface area is 103 Å². The van der Waals surface area contributed by atoms with Gasteiger partial charge in [-0.15, -0.1) is 11.3 Å². The third-order valence-corrected chi connectivity index (χ3v) is 3.65. The Hall–Kier alpha value is -0.840. The van der Waals surface area contributed by atoms with E-state index in [1.54, 1.807) is 12.1 Å². The largest absolute Gasteiger partial charge is 0.393 e. The average Bonchev–Trinajstić information content (AvgIpc) is 2.59. The van der Waals surface area contributed by atoms with Gasteiger partial charge in [0.15, 0.2) is 0 Å². The molecular weight excluding hydrogens is 246 g/mol. The van der Waals surface area contributed by atoms with Crippen LogP contribution < -0.4 is 5.32 Å². The number of carbonyl (C=O) groups excluding carboxylic acids is 1. The Bertz CT molecular complexity index is 410. The highest BCUT2D eigenvalue weighted by molar-refractivity contribution is 7.17. The summed E-state index contributed by atoms with van der Waals surface area (Å²) in [7, 11) is 0. The lowest BCUT2D eigenvalue weighted by atomic mass is 9.89. The van der Waals surface area contributed by atoms with E-state index in [2.05, 4.69) is 5.32 Å². The topological polar surface area (TPSA) is 49.3 Å². The number of carbonyl (C=O) groups is 1. The van der Waals surface area contributed by atoms with Crippen molar-refractivity contribution in [3.05, 3.63) is 27.4 Å². The number of aliphatic hydroxyl groups is 1. The monoisotopic (exact) mass is 257 g/mol. The van der Waals surface area contributed by atoms with Crippen LogP contribution in [0, 0.1) is 0 Å². The fraction of sp³-hybridized carbons (Fsp3) is 0.364. The Morgan fingerprint density at radius 3 is 2.88 bits per heavy atom. The summed E-state index contributed by atoms with van der Waals surface area (Å²) in [4.78, 5) is 12.4. The highest BCUT2D eigenvalue weighted by atomic mass is 35.5. The minimum atomic E-state index is -0.245. The van der Waals surface area contributed by atoms with Gasteiger partial charge in [0.1, 0.15) is 0 Å². The van der Waals surface area contributed by atoms with E-state index < -0.39 is 0 Å². The van der Waals surface area contributed by atoms with Crippen LogP contribution in [0.5, 0.6) is 0 Å². The van der Waals surface area contributed by atoms with Gasteiger partial charge < -0.3 is 10.4 Å². The SMILES string of the molecule is O=C(C=Cc1ccc(Cl)s1)NC1CC(O)C1. The van der Waals surface area contributed by atoms with E-state index in [0.717, 1.165) is 4.88 Å². The van der Waals surface area contributed by atoms with Crippen molar-refractivity contribution in [2.45, 2.75) is 25.0 Å². The number of thiophene rings is 1. The minimum Gasteiger partial charge on any atom is -0.393 e. The molecule has 2 rings (SSSR count). The first kappa shape index (κ1) is 11.6. The molecule has 0 aliphatic heterocycles. The van der Waals surface area contributed by atoms with Crippen molar-refractivity contribution in [2.75, 3.05) is 0 Å². The predicted octanol–water partition coefficient (Wildman–Crippen LogP) is 2.05. The van der Waals surface area contributed by atoms with Crippen LogP contribution in [0.4, 0.5) is 0 Å². The molecule has 5 heteroatoms. The molecule has 1 saturated carbocycles. The Morgan fingerprint density at radius 2 is 2.31 bits per heavy atom. The zero-order chi connectivity index (χ0) is 11.5. The summed E-state index contributed by atoms with van der Waals surface area (Å²) in [5.41, 5.74) is 0. The molecule has 3 nitrogen and oxygen atoms in total. The molecule has 0 aromatic carbocycles. The molecule has 1 amide bonds. The highest BCUT2D eigenvalue weighted by Crippen LogP contribution is 2.22. The summed E-state index contributed by atoms with van der Waals surface area (Å²) in [5, 5.41) is 11.9. The number of amides is 1. The number of hydrogen-bond acceptors (Lipinski definition) is 3. The molecule has 0 saturated heterocycles. The van der Waals surface area contributed by atoms with E-state index in [1.165, 1.54) is 17.4 Å². The van der Waals surface area contributed by atoms with Crippen LogP contribution in [0.3, 0.4) is 0 Å². The van der Waals surface area contributed by atoms with Gasteiger partial charge >= 0.3 is 0 Å². The van der Waals surface area contributed by atoms with Crippen molar-refractivity contribution in [1.29, 1.82) is 0 Å². The second-order valence-corrected chi connectivity index (χ2v) is 5.55. The van der Waals surface area contributed by atoms with Gasteiger partial charge in [-0.25, -0.2) is 0 Å². The highest BCUT2D eigenvalue weighted by Gasteiger charge is 2.27. The van der Waals surface area contributed by atoms with E-state index in [1.807, 2.05) is 6.07 Å². The second kappa shape index (κ2) is 4.99. The molecule has 1 aromatic heterocycles. The van der Waals surface area contributed by atoms with Crippen molar-refractivity contribution in [1.82, 2.24) is 5.32 Å². The molecule has 1 fully saturated rings. The Balaban J connectivity index is 1.80. The van der Waals surface area contributed by atoms with E-state index in [0.29, 0.717) is 17.2 Å². The van der Waals surface area contributed by atoms with E-state index in [9.17, 15) is 4.79 Å². The molecule has 0 radical (unpaired) electrons. The van der Waals surface area contributed by atoms with Gasteiger partial charge in [0.2, 0.25) is 5.91 Å². The maximum absolute atomic E-state index is 11.4. The van der Waals surface area contributed by atoms with E-state index in [-0.39, 0.29) is 18.1 Å². The third-order valence-electron chi connectivity index (χ3n) is 2.45. The van der Waals surface area contributed by atoms with Gasteiger partial charge in [-0.3, -0.25) is 4.79 Å². The van der Waals surface area contributed by atoms with Crippen LogP contribution in [0.1, 0.15) is 17.7 Å². The average molecular weight is 258 g/mol. The summed E-state index contributed by atoms with van der Waals surface area (Å²) >= 11 is 7.19. The lowest BCUT2D eigenvalue weighted by molar-refractivity contribution is -0.118. The molecular formula is C11H12ClNO2S. The smallest absolute Gasteiger partial charge is 0.244 e. The van der Waals surface area contributed by atoms with Crippen LogP contribution in [0.15, 0.2) is 18.2 Å². The quantitative estimate of drug-likeness (QED) is 0.815. The maximum atomic E-state index is 11.4. The maximum Gasteiger partial charge on any atom is 0.244 e. The van der Waals surface area contributed by atoms with Crippen LogP contribution in [-0.2, 0) is 4.79 Å². The number of hydrogen-bond donors (Lipinski definition) is 2. The van der Waals surface area contributed by atoms with Crippen LogP contribution in [0.2, 0.25) is 4.34 Å². The summed E-state index contributed by atoms with van der Waals surface area (Å²) in [5.74, 6) is -0.124. The van der Waals surface area contributed by atoms with Crippen molar-refractivity contribution in [3.63, 3.8) is 0 Å². The predicted molar refractivity (Wildman–Crippen MR) is 65.5 cm³/mol.